The Bertz CT molecular complexity index is 14.9. The Balaban J connectivity index is 0. The van der Waals surface area contributed by atoms with Crippen LogP contribution in [-0.4, -0.2) is 0 Å². The summed E-state index contributed by atoms with van der Waals surface area (Å²) >= 11 is 0. The van der Waals surface area contributed by atoms with Gasteiger partial charge in [0.2, 0.25) is 0 Å². The first-order valence-electron chi connectivity index (χ1n) is 0. The molecule has 0 aliphatic heterocycles. The molecule has 0 bridgehead atoms. The third-order valence-corrected chi connectivity index (χ3v) is 0. The quantitative estimate of drug-likeness (QED) is 0.361. The molecule has 69 valence electrons. The van der Waals surface area contributed by atoms with Gasteiger partial charge in [-0.25, -0.2) is 0 Å². The van der Waals surface area contributed by atoms with Crippen molar-refractivity contribution in [2.24, 2.45) is 0 Å². The van der Waals surface area contributed by atoms with Crippen LogP contribution in [0.5, 0.6) is 0 Å². The zero-order valence-electron chi connectivity index (χ0n) is 6.63. The van der Waals surface area contributed by atoms with E-state index in [1.807, 2.05) is 0 Å². The van der Waals surface area contributed by atoms with Crippen molar-refractivity contribution in [1.82, 2.24) is 0 Å². The summed E-state index contributed by atoms with van der Waals surface area (Å²) in [5.41, 5.74) is 0. The monoisotopic (exact) mass is 629 g/mol. The summed E-state index contributed by atoms with van der Waals surface area (Å²) in [6.45, 7) is 0. The Hall–Kier alpha value is 6.91. The van der Waals surface area contributed by atoms with E-state index in [0.29, 0.717) is 0 Å². The fraction of sp³-hybridized carbons (Fsp3) is 0. The standard InChI is InChI=1S/CH3.H2N.10V.Y/h1H3;1H2;;;;;;;;;;;/q2*-1;;;;;;;;;;;. The Morgan fingerprint density at radius 1 is 0.308 bits per heavy atom. The minimum absolute atomic E-state index is 0. The van der Waals surface area contributed by atoms with E-state index in [2.05, 4.69) is 0 Å². The summed E-state index contributed by atoms with van der Waals surface area (Å²) in [4.78, 5) is 0. The maximum absolute atomic E-state index is 0. The molecule has 0 atom stereocenters. The molecule has 0 aliphatic carbocycles. The van der Waals surface area contributed by atoms with Gasteiger partial charge in [0.05, 0.1) is 0 Å². The first-order valence-corrected chi connectivity index (χ1v) is 0. The SMILES string of the molecule is [CH3-].[NH2-].[V].[V].[V].[V].[V].[V].[V].[V].[V].[V].[Y]. The van der Waals surface area contributed by atoms with E-state index in [0.717, 1.165) is 0 Å². The van der Waals surface area contributed by atoms with Crippen molar-refractivity contribution in [3.05, 3.63) is 13.6 Å². The largest absolute Gasteiger partial charge is 0.693 e. The van der Waals surface area contributed by atoms with E-state index >= 15 is 0 Å². The molecule has 0 fully saturated rings. The van der Waals surface area contributed by atoms with E-state index in [1.165, 1.54) is 0 Å². The average Bonchev–Trinajstić information content (AvgIpc) is 0. The molecule has 0 aromatic carbocycles. The molecular weight excluding hydrogens is 624 g/mol. The van der Waals surface area contributed by atoms with Crippen LogP contribution in [0.25, 0.3) is 6.15 Å². The number of rotatable bonds is 0. The normalized spacial score (nSPS) is 0. The predicted molar refractivity (Wildman–Crippen MR) is 11.7 cm³/mol. The first-order chi connectivity index (χ1) is 0. The van der Waals surface area contributed by atoms with Crippen LogP contribution in [0, 0.1) is 7.43 Å². The van der Waals surface area contributed by atoms with Gasteiger partial charge in [0.15, 0.2) is 0 Å². The van der Waals surface area contributed by atoms with Crippen LogP contribution in [0.2, 0.25) is 0 Å². The molecule has 0 aliphatic rings. The summed E-state index contributed by atoms with van der Waals surface area (Å²) in [5.74, 6) is 0. The van der Waals surface area contributed by atoms with E-state index in [9.17, 15) is 0 Å². The van der Waals surface area contributed by atoms with Gasteiger partial charge in [0.1, 0.15) is 0 Å². The van der Waals surface area contributed by atoms with Crippen LogP contribution in [0.4, 0.5) is 0 Å². The molecule has 2 N–H and O–H groups in total. The van der Waals surface area contributed by atoms with E-state index in [-0.39, 0.29) is 232 Å². The number of nitrogens with two attached hydrogens (primary N) is 1. The van der Waals surface area contributed by atoms with Crippen LogP contribution >= 0.6 is 0 Å². The Kier molecular flexibility index (Phi) is 1460. The summed E-state index contributed by atoms with van der Waals surface area (Å²) in [6, 6.07) is 0. The van der Waals surface area contributed by atoms with Crippen LogP contribution in [0.3, 0.4) is 0 Å². The van der Waals surface area contributed by atoms with Gasteiger partial charge >= 0.3 is 0 Å². The van der Waals surface area contributed by atoms with Crippen LogP contribution in [0.1, 0.15) is 0 Å². The molecular formula is CH5NV10Y-2. The second-order valence-electron chi connectivity index (χ2n) is 0. The van der Waals surface area contributed by atoms with Gasteiger partial charge in [-0.05, 0) is 0 Å². The third-order valence-electron chi connectivity index (χ3n) is 0. The molecule has 12 heteroatoms. The van der Waals surface area contributed by atoms with Gasteiger partial charge in [0, 0.05) is 218 Å². The number of hydrogen-bond acceptors (Lipinski definition) is 0. The predicted octanol–water partition coefficient (Wildman–Crippen LogP) is 1.14. The summed E-state index contributed by atoms with van der Waals surface area (Å²) in [6.07, 6.45) is 0. The minimum Gasteiger partial charge on any atom is -0.693 e. The average molecular weight is 629 g/mol. The van der Waals surface area contributed by atoms with E-state index < -0.39 is 0 Å². The first kappa shape index (κ1) is 149. The van der Waals surface area contributed by atoms with Gasteiger partial charge in [0.25, 0.3) is 0 Å². The summed E-state index contributed by atoms with van der Waals surface area (Å²) in [7, 11) is 0. The maximum atomic E-state index is 0. The van der Waals surface area contributed by atoms with Crippen LogP contribution < -0.4 is 0 Å². The van der Waals surface area contributed by atoms with Gasteiger partial charge in [-0.15, -0.1) is 0 Å². The van der Waals surface area contributed by atoms with Crippen molar-refractivity contribution in [1.29, 1.82) is 0 Å². The zero-order chi connectivity index (χ0) is 0. The fourth-order valence-electron chi connectivity index (χ4n) is 0. The molecule has 13 heavy (non-hydrogen) atoms. The van der Waals surface area contributed by atoms with E-state index in [1.54, 1.807) is 0 Å². The van der Waals surface area contributed by atoms with Gasteiger partial charge in [-0.1, -0.05) is 0 Å². The van der Waals surface area contributed by atoms with Gasteiger partial charge in [-0.2, -0.15) is 0 Å². The smallest absolute Gasteiger partial charge is 0 e. The topological polar surface area (TPSA) is 33.5 Å². The van der Waals surface area contributed by atoms with Crippen molar-refractivity contribution >= 4 is 0 Å². The third kappa shape index (κ3) is 113. The Labute approximate surface area is 226 Å². The second-order valence-corrected chi connectivity index (χ2v) is 0. The van der Waals surface area contributed by atoms with Crippen molar-refractivity contribution in [2.45, 2.75) is 0 Å². The van der Waals surface area contributed by atoms with Crippen molar-refractivity contribution in [3.63, 3.8) is 0 Å². The van der Waals surface area contributed by atoms with Crippen LogP contribution in [-0.2, 0) is 218 Å². The van der Waals surface area contributed by atoms with Gasteiger partial charge in [-0.3, -0.25) is 0 Å². The zero-order valence-corrected chi connectivity index (χ0v) is 23.4. The van der Waals surface area contributed by atoms with Crippen molar-refractivity contribution in [2.75, 3.05) is 0 Å². The van der Waals surface area contributed by atoms with Crippen LogP contribution in [0.15, 0.2) is 0 Å². The molecule has 0 heterocycles. The van der Waals surface area contributed by atoms with E-state index in [4.69, 9.17) is 0 Å². The molecule has 0 rings (SSSR count). The molecule has 1 nitrogen and oxygen atoms in total. The summed E-state index contributed by atoms with van der Waals surface area (Å²) < 4.78 is 0. The molecule has 11 radical (unpaired) electrons. The maximum Gasteiger partial charge on any atom is 0 e. The molecule has 0 aromatic heterocycles. The number of hydrogen-bond donors (Lipinski definition) is 0. The molecule has 0 saturated carbocycles. The molecule has 0 aromatic rings. The summed E-state index contributed by atoms with van der Waals surface area (Å²) in [5, 5.41) is 0. The van der Waals surface area contributed by atoms with Gasteiger partial charge < -0.3 is 13.6 Å². The Morgan fingerprint density at radius 2 is 0.308 bits per heavy atom. The Morgan fingerprint density at radius 3 is 0.308 bits per heavy atom. The van der Waals surface area contributed by atoms with Crippen molar-refractivity contribution < 1.29 is 218 Å². The molecule has 0 saturated heterocycles. The minimum atomic E-state index is 0. The molecule has 0 spiro atoms. The van der Waals surface area contributed by atoms with Crippen molar-refractivity contribution in [3.8, 4) is 0 Å². The molecule has 0 amide bonds. The fourth-order valence-corrected chi connectivity index (χ4v) is 0. The molecule has 0 unspecified atom stereocenters. The second kappa shape index (κ2) is 127.